The highest BCUT2D eigenvalue weighted by molar-refractivity contribution is 6.04. The quantitative estimate of drug-likeness (QED) is 0.460. The highest BCUT2D eigenvalue weighted by atomic mass is 16.5. The number of nitrogens with zero attached hydrogens (tertiary/aromatic N) is 3. The maximum absolute atomic E-state index is 13.0. The van der Waals surface area contributed by atoms with Crippen molar-refractivity contribution >= 4 is 17.6 Å². The van der Waals surface area contributed by atoms with Crippen molar-refractivity contribution in [2.45, 2.75) is 58.5 Å². The summed E-state index contributed by atoms with van der Waals surface area (Å²) in [5, 5.41) is 10.2. The number of ether oxygens (including phenoxy) is 1. The first kappa shape index (κ1) is 26.0. The Bertz CT molecular complexity index is 1270. The van der Waals surface area contributed by atoms with Crippen LogP contribution in [0.3, 0.4) is 0 Å². The number of amides is 2. The van der Waals surface area contributed by atoms with Gasteiger partial charge in [-0.15, -0.1) is 0 Å². The van der Waals surface area contributed by atoms with Gasteiger partial charge in [0.25, 0.3) is 5.91 Å². The first-order chi connectivity index (χ1) is 18.3. The molecule has 2 N–H and O–H groups in total. The van der Waals surface area contributed by atoms with Crippen LogP contribution >= 0.6 is 0 Å². The second-order valence-corrected chi connectivity index (χ2v) is 11.3. The second-order valence-electron chi connectivity index (χ2n) is 11.3. The standard InChI is InChI=1S/C30H37N5O3/c1-30(2,3)23-10-8-22(9-11-23)29(37)31-28-25-19-35(20-26(25)32-33-28)27(36)18-21-6-12-24(13-7-21)38-17-16-34-14-4-5-15-34/h6-13H,4-5,14-20H2,1-3H3,(H2,31,32,33,37). The van der Waals surface area contributed by atoms with Gasteiger partial charge in [-0.05, 0) is 66.7 Å². The Morgan fingerprint density at radius 3 is 2.39 bits per heavy atom. The van der Waals surface area contributed by atoms with E-state index in [1.165, 1.54) is 31.5 Å². The van der Waals surface area contributed by atoms with Crippen LogP contribution < -0.4 is 10.1 Å². The van der Waals surface area contributed by atoms with E-state index in [1.807, 2.05) is 48.5 Å². The number of aromatic amines is 1. The summed E-state index contributed by atoms with van der Waals surface area (Å²) in [6.45, 7) is 11.3. The van der Waals surface area contributed by atoms with Crippen LogP contribution in [0.5, 0.6) is 5.75 Å². The summed E-state index contributed by atoms with van der Waals surface area (Å²) in [5.41, 5.74) is 4.44. The van der Waals surface area contributed by atoms with Gasteiger partial charge < -0.3 is 15.0 Å². The number of carbonyl (C=O) groups is 2. The molecule has 38 heavy (non-hydrogen) atoms. The molecule has 1 aromatic heterocycles. The molecular formula is C30H37N5O3. The van der Waals surface area contributed by atoms with E-state index >= 15 is 0 Å². The minimum Gasteiger partial charge on any atom is -0.492 e. The number of carbonyl (C=O) groups excluding carboxylic acids is 2. The zero-order chi connectivity index (χ0) is 26.7. The molecule has 2 aromatic carbocycles. The van der Waals surface area contributed by atoms with Gasteiger partial charge in [0.05, 0.1) is 25.2 Å². The number of aromatic nitrogens is 2. The number of nitrogens with one attached hydrogen (secondary N) is 2. The predicted octanol–water partition coefficient (Wildman–Crippen LogP) is 4.52. The summed E-state index contributed by atoms with van der Waals surface area (Å²) < 4.78 is 5.87. The molecule has 0 radical (unpaired) electrons. The first-order valence-electron chi connectivity index (χ1n) is 13.5. The summed E-state index contributed by atoms with van der Waals surface area (Å²) in [6.07, 6.45) is 2.88. The average molecular weight is 516 g/mol. The van der Waals surface area contributed by atoms with Gasteiger partial charge in [-0.2, -0.15) is 5.10 Å². The molecule has 5 rings (SSSR count). The summed E-state index contributed by atoms with van der Waals surface area (Å²) in [7, 11) is 0. The summed E-state index contributed by atoms with van der Waals surface area (Å²) >= 11 is 0. The fraction of sp³-hybridized carbons (Fsp3) is 0.433. The maximum atomic E-state index is 13.0. The lowest BCUT2D eigenvalue weighted by molar-refractivity contribution is -0.131. The normalized spacial score (nSPS) is 15.5. The molecule has 200 valence electrons. The fourth-order valence-corrected chi connectivity index (χ4v) is 5.01. The minimum atomic E-state index is -0.215. The number of anilines is 1. The molecule has 1 saturated heterocycles. The van der Waals surface area contributed by atoms with E-state index in [-0.39, 0.29) is 17.2 Å². The van der Waals surface area contributed by atoms with Crippen molar-refractivity contribution in [3.63, 3.8) is 0 Å². The molecule has 1 fully saturated rings. The Balaban J connectivity index is 1.12. The molecule has 0 atom stereocenters. The van der Waals surface area contributed by atoms with Crippen LogP contribution in [0.15, 0.2) is 48.5 Å². The van der Waals surface area contributed by atoms with Crippen molar-refractivity contribution in [2.24, 2.45) is 0 Å². The van der Waals surface area contributed by atoms with Gasteiger partial charge in [0.2, 0.25) is 5.91 Å². The van der Waals surface area contributed by atoms with E-state index in [1.54, 1.807) is 4.90 Å². The molecule has 0 unspecified atom stereocenters. The van der Waals surface area contributed by atoms with Crippen molar-refractivity contribution in [1.82, 2.24) is 20.0 Å². The zero-order valence-electron chi connectivity index (χ0n) is 22.5. The van der Waals surface area contributed by atoms with Gasteiger partial charge in [0.1, 0.15) is 12.4 Å². The van der Waals surface area contributed by atoms with Crippen molar-refractivity contribution in [3.05, 3.63) is 76.5 Å². The third-order valence-corrected chi connectivity index (χ3v) is 7.40. The molecular weight excluding hydrogens is 478 g/mol. The third-order valence-electron chi connectivity index (χ3n) is 7.40. The largest absolute Gasteiger partial charge is 0.492 e. The van der Waals surface area contributed by atoms with Gasteiger partial charge >= 0.3 is 0 Å². The number of likely N-dealkylation sites (tertiary alicyclic amines) is 1. The van der Waals surface area contributed by atoms with Crippen molar-refractivity contribution < 1.29 is 14.3 Å². The van der Waals surface area contributed by atoms with E-state index in [2.05, 4.69) is 41.2 Å². The van der Waals surface area contributed by atoms with Gasteiger partial charge in [-0.3, -0.25) is 19.6 Å². The number of benzene rings is 2. The van der Waals surface area contributed by atoms with Gasteiger partial charge in [0, 0.05) is 17.7 Å². The van der Waals surface area contributed by atoms with Crippen LogP contribution in [0.4, 0.5) is 5.82 Å². The SMILES string of the molecule is CC(C)(C)c1ccc(C(=O)Nc2n[nH]c3c2CN(C(=O)Cc2ccc(OCCN4CCCC4)cc2)C3)cc1. The lowest BCUT2D eigenvalue weighted by Gasteiger charge is -2.19. The average Bonchev–Trinajstić information content (AvgIpc) is 3.64. The first-order valence-corrected chi connectivity index (χ1v) is 13.5. The number of fused-ring (bicyclic) bond motifs is 1. The van der Waals surface area contributed by atoms with Crippen LogP contribution in [0.1, 0.15) is 66.4 Å². The highest BCUT2D eigenvalue weighted by Crippen LogP contribution is 2.28. The molecule has 0 spiro atoms. The summed E-state index contributed by atoms with van der Waals surface area (Å²) in [5.74, 6) is 1.13. The van der Waals surface area contributed by atoms with E-state index in [0.29, 0.717) is 37.5 Å². The lowest BCUT2D eigenvalue weighted by atomic mass is 9.87. The van der Waals surface area contributed by atoms with E-state index < -0.39 is 0 Å². The van der Waals surface area contributed by atoms with Crippen molar-refractivity contribution in [2.75, 3.05) is 31.6 Å². The summed E-state index contributed by atoms with van der Waals surface area (Å²) in [6, 6.07) is 15.4. The number of H-pyrrole nitrogens is 1. The Kier molecular flexibility index (Phi) is 7.51. The van der Waals surface area contributed by atoms with Crippen LogP contribution in [0.25, 0.3) is 0 Å². The van der Waals surface area contributed by atoms with Crippen LogP contribution in [0.2, 0.25) is 0 Å². The van der Waals surface area contributed by atoms with E-state index in [0.717, 1.165) is 29.1 Å². The number of rotatable bonds is 8. The van der Waals surface area contributed by atoms with Crippen LogP contribution in [-0.2, 0) is 29.7 Å². The molecule has 2 aliphatic heterocycles. The number of hydrogen-bond acceptors (Lipinski definition) is 5. The van der Waals surface area contributed by atoms with Gasteiger partial charge in [-0.1, -0.05) is 45.0 Å². The van der Waals surface area contributed by atoms with Crippen molar-refractivity contribution in [1.29, 1.82) is 0 Å². The molecule has 3 aromatic rings. The third kappa shape index (κ3) is 6.07. The highest BCUT2D eigenvalue weighted by Gasteiger charge is 2.29. The topological polar surface area (TPSA) is 90.6 Å². The minimum absolute atomic E-state index is 0.0247. The fourth-order valence-electron chi connectivity index (χ4n) is 5.01. The van der Waals surface area contributed by atoms with Gasteiger partial charge in [-0.25, -0.2) is 0 Å². The van der Waals surface area contributed by atoms with Crippen LogP contribution in [-0.4, -0.2) is 58.1 Å². The second kappa shape index (κ2) is 11.0. The Hall–Kier alpha value is -3.65. The molecule has 0 aliphatic carbocycles. The molecule has 2 aliphatic rings. The lowest BCUT2D eigenvalue weighted by Crippen LogP contribution is -2.27. The van der Waals surface area contributed by atoms with Crippen molar-refractivity contribution in [3.8, 4) is 5.75 Å². The Morgan fingerprint density at radius 2 is 1.71 bits per heavy atom. The number of hydrogen-bond donors (Lipinski definition) is 2. The summed E-state index contributed by atoms with van der Waals surface area (Å²) in [4.78, 5) is 30.1. The molecule has 8 heteroatoms. The monoisotopic (exact) mass is 515 g/mol. The van der Waals surface area contributed by atoms with E-state index in [4.69, 9.17) is 4.74 Å². The van der Waals surface area contributed by atoms with Crippen LogP contribution in [0, 0.1) is 0 Å². The van der Waals surface area contributed by atoms with E-state index in [9.17, 15) is 9.59 Å². The maximum Gasteiger partial charge on any atom is 0.256 e. The molecule has 0 bridgehead atoms. The predicted molar refractivity (Wildman–Crippen MR) is 147 cm³/mol. The Morgan fingerprint density at radius 1 is 1.00 bits per heavy atom. The Labute approximate surface area is 224 Å². The van der Waals surface area contributed by atoms with Gasteiger partial charge in [0.15, 0.2) is 5.82 Å². The zero-order valence-corrected chi connectivity index (χ0v) is 22.5. The molecule has 8 nitrogen and oxygen atoms in total. The molecule has 2 amide bonds. The molecule has 3 heterocycles. The molecule has 0 saturated carbocycles. The smallest absolute Gasteiger partial charge is 0.256 e.